The molecule has 174 valence electrons. The number of halogens is 2. The summed E-state index contributed by atoms with van der Waals surface area (Å²) < 4.78 is 14.0. The summed E-state index contributed by atoms with van der Waals surface area (Å²) in [5, 5.41) is 3.36. The average molecular weight is 479 g/mol. The highest BCUT2D eigenvalue weighted by atomic mass is 35.5. The van der Waals surface area contributed by atoms with Crippen molar-refractivity contribution in [3.63, 3.8) is 0 Å². The molecule has 32 heavy (non-hydrogen) atoms. The van der Waals surface area contributed by atoms with Crippen molar-refractivity contribution in [1.82, 2.24) is 10.2 Å². The van der Waals surface area contributed by atoms with Crippen LogP contribution in [-0.4, -0.2) is 41.1 Å². The Labute approximate surface area is 199 Å². The molecule has 0 aromatic heterocycles. The van der Waals surface area contributed by atoms with E-state index < -0.39 is 6.04 Å². The van der Waals surface area contributed by atoms with Gasteiger partial charge in [0.25, 0.3) is 0 Å². The predicted octanol–water partition coefficient (Wildman–Crippen LogP) is 5.48. The van der Waals surface area contributed by atoms with Crippen LogP contribution in [0.15, 0.2) is 48.5 Å². The van der Waals surface area contributed by atoms with E-state index in [2.05, 4.69) is 5.32 Å². The Morgan fingerprint density at radius 3 is 2.44 bits per heavy atom. The maximum atomic E-state index is 14.0. The first-order valence-electron chi connectivity index (χ1n) is 11.0. The number of carbonyl (C=O) groups excluding carboxylic acids is 2. The quantitative estimate of drug-likeness (QED) is 0.439. The van der Waals surface area contributed by atoms with E-state index in [1.165, 1.54) is 17.8 Å². The summed E-state index contributed by atoms with van der Waals surface area (Å²) >= 11 is 7.40. The fourth-order valence-electron chi connectivity index (χ4n) is 3.33. The lowest BCUT2D eigenvalue weighted by atomic mass is 10.1. The molecule has 0 aliphatic carbocycles. The van der Waals surface area contributed by atoms with Crippen molar-refractivity contribution in [2.75, 3.05) is 12.3 Å². The molecule has 0 bridgehead atoms. The van der Waals surface area contributed by atoms with Gasteiger partial charge in [0, 0.05) is 28.9 Å². The number of nitrogens with one attached hydrogen (secondary N) is 1. The highest BCUT2D eigenvalue weighted by molar-refractivity contribution is 7.99. The Balaban J connectivity index is 2.10. The van der Waals surface area contributed by atoms with Gasteiger partial charge in [-0.15, -0.1) is 11.8 Å². The number of hydrogen-bond donors (Lipinski definition) is 1. The third-order valence-corrected chi connectivity index (χ3v) is 6.70. The van der Waals surface area contributed by atoms with Crippen LogP contribution in [0.25, 0.3) is 0 Å². The molecule has 2 aromatic carbocycles. The van der Waals surface area contributed by atoms with Gasteiger partial charge in [-0.05, 0) is 43.9 Å². The number of benzene rings is 2. The largest absolute Gasteiger partial charge is 0.352 e. The highest BCUT2D eigenvalue weighted by Gasteiger charge is 2.28. The van der Waals surface area contributed by atoms with Gasteiger partial charge >= 0.3 is 0 Å². The van der Waals surface area contributed by atoms with E-state index in [1.54, 1.807) is 17.0 Å². The zero-order chi connectivity index (χ0) is 23.5. The lowest BCUT2D eigenvalue weighted by Crippen LogP contribution is -2.52. The standard InChI is InChI=1S/C25H32ClFN2O2S/c1-4-18(3)28-25(31)23(5-2)29(15-14-19-10-7-6-8-11-19)24(30)17-32-16-20-21(26)12-9-13-22(20)27/h6-13,18,23H,4-5,14-17H2,1-3H3,(H,28,31)/t18-,23+/m0/s1. The molecule has 4 nitrogen and oxygen atoms in total. The van der Waals surface area contributed by atoms with Crippen molar-refractivity contribution >= 4 is 35.2 Å². The van der Waals surface area contributed by atoms with Crippen LogP contribution >= 0.6 is 23.4 Å². The fraction of sp³-hybridized carbons (Fsp3) is 0.440. The third kappa shape index (κ3) is 7.82. The monoisotopic (exact) mass is 478 g/mol. The van der Waals surface area contributed by atoms with Gasteiger partial charge in [0.2, 0.25) is 11.8 Å². The molecule has 0 saturated carbocycles. The number of thioether (sulfide) groups is 1. The zero-order valence-corrected chi connectivity index (χ0v) is 20.5. The van der Waals surface area contributed by atoms with E-state index >= 15 is 0 Å². The Morgan fingerprint density at radius 1 is 1.09 bits per heavy atom. The van der Waals surface area contributed by atoms with Crippen LogP contribution in [0.1, 0.15) is 44.7 Å². The predicted molar refractivity (Wildman–Crippen MR) is 131 cm³/mol. The first-order chi connectivity index (χ1) is 15.4. The van der Waals surface area contributed by atoms with Gasteiger partial charge in [-0.3, -0.25) is 9.59 Å². The summed E-state index contributed by atoms with van der Waals surface area (Å²) in [5.74, 6) is -0.209. The normalized spacial score (nSPS) is 12.8. The summed E-state index contributed by atoms with van der Waals surface area (Å²) in [6, 6.07) is 14.0. The lowest BCUT2D eigenvalue weighted by molar-refractivity contribution is -0.139. The van der Waals surface area contributed by atoms with Crippen LogP contribution in [0.3, 0.4) is 0 Å². The molecule has 0 fully saturated rings. The topological polar surface area (TPSA) is 49.4 Å². The molecule has 2 rings (SSSR count). The molecule has 0 heterocycles. The molecule has 0 aliphatic rings. The second-order valence-corrected chi connectivity index (χ2v) is 9.15. The van der Waals surface area contributed by atoms with Gasteiger partial charge in [0.1, 0.15) is 11.9 Å². The Kier molecular flexibility index (Phi) is 11.0. The van der Waals surface area contributed by atoms with E-state index in [4.69, 9.17) is 11.6 Å². The summed E-state index contributed by atoms with van der Waals surface area (Å²) in [7, 11) is 0. The Bertz CT molecular complexity index is 861. The van der Waals surface area contributed by atoms with Crippen molar-refractivity contribution in [3.8, 4) is 0 Å². The molecular formula is C25H32ClFN2O2S. The molecule has 0 radical (unpaired) electrons. The van der Waals surface area contributed by atoms with E-state index in [0.29, 0.717) is 35.7 Å². The van der Waals surface area contributed by atoms with Crippen LogP contribution in [-0.2, 0) is 21.8 Å². The minimum atomic E-state index is -0.544. The summed E-state index contributed by atoms with van der Waals surface area (Å²) in [5.41, 5.74) is 1.50. The number of carbonyl (C=O) groups is 2. The molecule has 0 spiro atoms. The average Bonchev–Trinajstić information content (AvgIpc) is 2.78. The molecule has 1 N–H and O–H groups in total. The van der Waals surface area contributed by atoms with Crippen LogP contribution < -0.4 is 5.32 Å². The van der Waals surface area contributed by atoms with E-state index in [-0.39, 0.29) is 29.4 Å². The van der Waals surface area contributed by atoms with Gasteiger partial charge in [-0.25, -0.2) is 4.39 Å². The van der Waals surface area contributed by atoms with Crippen molar-refractivity contribution in [1.29, 1.82) is 0 Å². The molecular weight excluding hydrogens is 447 g/mol. The van der Waals surface area contributed by atoms with Crippen LogP contribution in [0.5, 0.6) is 0 Å². The van der Waals surface area contributed by atoms with E-state index in [9.17, 15) is 14.0 Å². The molecule has 0 aliphatic heterocycles. The minimum absolute atomic E-state index is 0.0419. The number of hydrogen-bond acceptors (Lipinski definition) is 3. The molecule has 2 aromatic rings. The Morgan fingerprint density at radius 2 is 1.81 bits per heavy atom. The third-order valence-electron chi connectivity index (χ3n) is 5.40. The van der Waals surface area contributed by atoms with E-state index in [1.807, 2.05) is 51.1 Å². The van der Waals surface area contributed by atoms with Gasteiger partial charge in [0.15, 0.2) is 0 Å². The van der Waals surface area contributed by atoms with Gasteiger partial charge in [0.05, 0.1) is 5.75 Å². The second kappa shape index (κ2) is 13.5. The number of nitrogens with zero attached hydrogens (tertiary/aromatic N) is 1. The smallest absolute Gasteiger partial charge is 0.243 e. The van der Waals surface area contributed by atoms with Crippen molar-refractivity contribution in [2.45, 2.75) is 57.9 Å². The SMILES string of the molecule is CC[C@H](C(=O)N[C@@H](C)CC)N(CCc1ccccc1)C(=O)CSCc1c(F)cccc1Cl. The number of rotatable bonds is 12. The lowest BCUT2D eigenvalue weighted by Gasteiger charge is -2.31. The summed E-state index contributed by atoms with van der Waals surface area (Å²) in [4.78, 5) is 27.8. The van der Waals surface area contributed by atoms with Crippen molar-refractivity contribution in [2.24, 2.45) is 0 Å². The maximum absolute atomic E-state index is 14.0. The second-order valence-electron chi connectivity index (χ2n) is 7.76. The van der Waals surface area contributed by atoms with Crippen molar-refractivity contribution in [3.05, 3.63) is 70.5 Å². The zero-order valence-electron chi connectivity index (χ0n) is 18.9. The summed E-state index contributed by atoms with van der Waals surface area (Å²) in [6.45, 7) is 6.32. The maximum Gasteiger partial charge on any atom is 0.243 e. The number of amides is 2. The first-order valence-corrected chi connectivity index (χ1v) is 12.5. The van der Waals surface area contributed by atoms with Gasteiger partial charge in [-0.2, -0.15) is 0 Å². The minimum Gasteiger partial charge on any atom is -0.352 e. The molecule has 0 unspecified atom stereocenters. The van der Waals surface area contributed by atoms with Crippen LogP contribution in [0.4, 0.5) is 4.39 Å². The van der Waals surface area contributed by atoms with Crippen LogP contribution in [0.2, 0.25) is 5.02 Å². The van der Waals surface area contributed by atoms with Crippen molar-refractivity contribution < 1.29 is 14.0 Å². The molecule has 0 saturated heterocycles. The Hall–Kier alpha value is -2.05. The van der Waals surface area contributed by atoms with E-state index in [0.717, 1.165) is 12.0 Å². The first kappa shape index (κ1) is 26.2. The van der Waals surface area contributed by atoms with Crippen LogP contribution in [0, 0.1) is 5.82 Å². The molecule has 2 amide bonds. The summed E-state index contributed by atoms with van der Waals surface area (Å²) in [6.07, 6.45) is 2.00. The molecule has 7 heteroatoms. The van der Waals surface area contributed by atoms with Gasteiger partial charge < -0.3 is 10.2 Å². The molecule has 2 atom stereocenters. The van der Waals surface area contributed by atoms with Gasteiger partial charge in [-0.1, -0.05) is 61.8 Å². The fourth-order valence-corrected chi connectivity index (χ4v) is 4.58. The highest BCUT2D eigenvalue weighted by Crippen LogP contribution is 2.24.